The van der Waals surface area contributed by atoms with E-state index in [0.29, 0.717) is 17.9 Å². The smallest absolute Gasteiger partial charge is 0.228 e. The Morgan fingerprint density at radius 3 is 2.68 bits per heavy atom. The van der Waals surface area contributed by atoms with Crippen molar-refractivity contribution in [2.75, 3.05) is 38.8 Å². The van der Waals surface area contributed by atoms with E-state index in [-0.39, 0.29) is 5.91 Å². The van der Waals surface area contributed by atoms with Gasteiger partial charge in [0.2, 0.25) is 5.91 Å². The van der Waals surface area contributed by atoms with E-state index in [1.165, 1.54) is 0 Å². The molecule has 1 saturated heterocycles. The Kier molecular flexibility index (Phi) is 4.63. The summed E-state index contributed by atoms with van der Waals surface area (Å²) in [6.45, 7) is 2.40. The van der Waals surface area contributed by atoms with Gasteiger partial charge in [-0.1, -0.05) is 0 Å². The van der Waals surface area contributed by atoms with E-state index in [0.717, 1.165) is 31.7 Å². The molecular weight excluding hydrogens is 244 g/mol. The molecule has 0 aliphatic carbocycles. The molecule has 1 aromatic carbocycles. The minimum absolute atomic E-state index is 0.138. The maximum atomic E-state index is 12.1. The highest BCUT2D eigenvalue weighted by molar-refractivity contribution is 5.93. The van der Waals surface area contributed by atoms with Crippen LogP contribution in [0.15, 0.2) is 18.2 Å². The SMILES string of the molecule is COc1ccc(N2CCCNCCC2=O)cc1OC. The highest BCUT2D eigenvalue weighted by Gasteiger charge is 2.18. The number of hydrogen-bond donors (Lipinski definition) is 1. The van der Waals surface area contributed by atoms with Gasteiger partial charge in [-0.15, -0.1) is 0 Å². The number of nitrogens with zero attached hydrogens (tertiary/aromatic N) is 1. The van der Waals surface area contributed by atoms with Gasteiger partial charge in [0.1, 0.15) is 0 Å². The van der Waals surface area contributed by atoms with Crippen molar-refractivity contribution >= 4 is 11.6 Å². The van der Waals surface area contributed by atoms with Crippen molar-refractivity contribution in [3.63, 3.8) is 0 Å². The van der Waals surface area contributed by atoms with Gasteiger partial charge < -0.3 is 19.7 Å². The number of rotatable bonds is 3. The quantitative estimate of drug-likeness (QED) is 0.897. The fourth-order valence-electron chi connectivity index (χ4n) is 2.21. The zero-order valence-corrected chi connectivity index (χ0v) is 11.4. The van der Waals surface area contributed by atoms with Crippen LogP contribution in [0.25, 0.3) is 0 Å². The average molecular weight is 264 g/mol. The van der Waals surface area contributed by atoms with Crippen molar-refractivity contribution in [2.24, 2.45) is 0 Å². The molecule has 0 saturated carbocycles. The fraction of sp³-hybridized carbons (Fsp3) is 0.500. The van der Waals surface area contributed by atoms with Gasteiger partial charge >= 0.3 is 0 Å². The summed E-state index contributed by atoms with van der Waals surface area (Å²) in [6.07, 6.45) is 1.47. The Morgan fingerprint density at radius 2 is 1.95 bits per heavy atom. The molecule has 0 atom stereocenters. The van der Waals surface area contributed by atoms with Crippen LogP contribution in [0, 0.1) is 0 Å². The summed E-state index contributed by atoms with van der Waals surface area (Å²) >= 11 is 0. The second-order valence-corrected chi connectivity index (χ2v) is 4.44. The second kappa shape index (κ2) is 6.43. The molecule has 0 bridgehead atoms. The van der Waals surface area contributed by atoms with Crippen molar-refractivity contribution in [3.05, 3.63) is 18.2 Å². The second-order valence-electron chi connectivity index (χ2n) is 4.44. The van der Waals surface area contributed by atoms with Gasteiger partial charge in [0.05, 0.1) is 14.2 Å². The third kappa shape index (κ3) is 3.17. The lowest BCUT2D eigenvalue weighted by Gasteiger charge is -2.26. The summed E-state index contributed by atoms with van der Waals surface area (Å²) in [4.78, 5) is 14.0. The molecule has 1 N–H and O–H groups in total. The maximum absolute atomic E-state index is 12.1. The number of carbonyl (C=O) groups is 1. The first-order chi connectivity index (χ1) is 9.26. The third-order valence-electron chi connectivity index (χ3n) is 3.23. The summed E-state index contributed by atoms with van der Waals surface area (Å²) in [5.41, 5.74) is 0.865. The maximum Gasteiger partial charge on any atom is 0.228 e. The summed E-state index contributed by atoms with van der Waals surface area (Å²) < 4.78 is 10.5. The van der Waals surface area contributed by atoms with Gasteiger partial charge in [0, 0.05) is 31.3 Å². The van der Waals surface area contributed by atoms with Crippen LogP contribution in [0.5, 0.6) is 11.5 Å². The standard InChI is InChI=1S/C14H20N2O3/c1-18-12-5-4-11(10-13(12)19-2)16-9-3-7-15-8-6-14(16)17/h4-5,10,15H,3,6-9H2,1-2H3. The van der Waals surface area contributed by atoms with Gasteiger partial charge in [0.15, 0.2) is 11.5 Å². The molecule has 1 aliphatic heterocycles. The number of hydrogen-bond acceptors (Lipinski definition) is 4. The van der Waals surface area contributed by atoms with Crippen molar-refractivity contribution in [3.8, 4) is 11.5 Å². The van der Waals surface area contributed by atoms with Crippen molar-refractivity contribution in [1.82, 2.24) is 5.32 Å². The summed E-state index contributed by atoms with van der Waals surface area (Å²) in [5.74, 6) is 1.46. The zero-order chi connectivity index (χ0) is 13.7. The van der Waals surface area contributed by atoms with Crippen LogP contribution in [0.3, 0.4) is 0 Å². The van der Waals surface area contributed by atoms with Crippen molar-refractivity contribution < 1.29 is 14.3 Å². The lowest BCUT2D eigenvalue weighted by atomic mass is 10.2. The highest BCUT2D eigenvalue weighted by Crippen LogP contribution is 2.31. The van der Waals surface area contributed by atoms with Crippen molar-refractivity contribution in [1.29, 1.82) is 0 Å². The van der Waals surface area contributed by atoms with E-state index >= 15 is 0 Å². The minimum atomic E-state index is 0.138. The van der Waals surface area contributed by atoms with E-state index in [4.69, 9.17) is 9.47 Å². The van der Waals surface area contributed by atoms with Crippen LogP contribution in [0.4, 0.5) is 5.69 Å². The van der Waals surface area contributed by atoms with Gasteiger partial charge in [-0.3, -0.25) is 4.79 Å². The average Bonchev–Trinajstić information content (AvgIpc) is 2.42. The number of methoxy groups -OCH3 is 2. The number of amides is 1. The van der Waals surface area contributed by atoms with Gasteiger partial charge in [-0.25, -0.2) is 0 Å². The molecule has 5 heteroatoms. The number of anilines is 1. The van der Waals surface area contributed by atoms with Crippen LogP contribution in [0.2, 0.25) is 0 Å². The first-order valence-electron chi connectivity index (χ1n) is 6.49. The monoisotopic (exact) mass is 264 g/mol. The molecule has 0 unspecified atom stereocenters. The molecule has 1 heterocycles. The molecule has 0 aromatic heterocycles. The molecule has 5 nitrogen and oxygen atoms in total. The number of nitrogens with one attached hydrogen (secondary N) is 1. The van der Waals surface area contributed by atoms with E-state index in [2.05, 4.69) is 5.32 Å². The summed E-state index contributed by atoms with van der Waals surface area (Å²) in [6, 6.07) is 5.58. The summed E-state index contributed by atoms with van der Waals surface area (Å²) in [5, 5.41) is 3.24. The Hall–Kier alpha value is -1.75. The Bertz CT molecular complexity index is 448. The Morgan fingerprint density at radius 1 is 1.16 bits per heavy atom. The third-order valence-corrected chi connectivity index (χ3v) is 3.23. The van der Waals surface area contributed by atoms with Gasteiger partial charge in [-0.2, -0.15) is 0 Å². The van der Waals surface area contributed by atoms with E-state index < -0.39 is 0 Å². The summed E-state index contributed by atoms with van der Waals surface area (Å²) in [7, 11) is 3.20. The molecule has 2 rings (SSSR count). The number of carbonyl (C=O) groups excluding carboxylic acids is 1. The first kappa shape index (κ1) is 13.7. The van der Waals surface area contributed by atoms with Crippen LogP contribution < -0.4 is 19.7 Å². The predicted molar refractivity (Wildman–Crippen MR) is 74.0 cm³/mol. The van der Waals surface area contributed by atoms with Crippen molar-refractivity contribution in [2.45, 2.75) is 12.8 Å². The van der Waals surface area contributed by atoms with Gasteiger partial charge in [-0.05, 0) is 25.1 Å². The van der Waals surface area contributed by atoms with E-state index in [1.54, 1.807) is 14.2 Å². The normalized spacial score (nSPS) is 16.7. The molecule has 0 spiro atoms. The molecule has 1 amide bonds. The molecule has 1 aromatic rings. The fourth-order valence-corrected chi connectivity index (χ4v) is 2.21. The minimum Gasteiger partial charge on any atom is -0.493 e. The molecule has 104 valence electrons. The van der Waals surface area contributed by atoms with Crippen LogP contribution in [-0.2, 0) is 4.79 Å². The zero-order valence-electron chi connectivity index (χ0n) is 11.4. The Balaban J connectivity index is 2.25. The molecule has 19 heavy (non-hydrogen) atoms. The van der Waals surface area contributed by atoms with Gasteiger partial charge in [0.25, 0.3) is 0 Å². The van der Waals surface area contributed by atoms with Crippen LogP contribution >= 0.6 is 0 Å². The lowest BCUT2D eigenvalue weighted by Crippen LogP contribution is -2.38. The first-order valence-corrected chi connectivity index (χ1v) is 6.49. The molecule has 1 fully saturated rings. The number of ether oxygens (including phenoxy) is 2. The molecule has 0 radical (unpaired) electrons. The highest BCUT2D eigenvalue weighted by atomic mass is 16.5. The number of benzene rings is 1. The Labute approximate surface area is 113 Å². The van der Waals surface area contributed by atoms with Crippen LogP contribution in [-0.4, -0.2) is 39.8 Å². The van der Waals surface area contributed by atoms with E-state index in [9.17, 15) is 4.79 Å². The molecule has 1 aliphatic rings. The van der Waals surface area contributed by atoms with E-state index in [1.807, 2.05) is 23.1 Å². The largest absolute Gasteiger partial charge is 0.493 e. The predicted octanol–water partition coefficient (Wildman–Crippen LogP) is 1.42. The lowest BCUT2D eigenvalue weighted by molar-refractivity contribution is -0.118. The topological polar surface area (TPSA) is 50.8 Å². The molecular formula is C14H20N2O3. The van der Waals surface area contributed by atoms with Crippen LogP contribution in [0.1, 0.15) is 12.8 Å².